The zero-order chi connectivity index (χ0) is 30.4. The Balaban J connectivity index is 1.46. The average molecular weight is 594 g/mol. The van der Waals surface area contributed by atoms with Gasteiger partial charge in [0.05, 0.1) is 60.3 Å². The van der Waals surface area contributed by atoms with E-state index in [9.17, 15) is 9.59 Å². The minimum atomic E-state index is -0.133. The normalized spacial score (nSPS) is 13.4. The second kappa shape index (κ2) is 16.6. The van der Waals surface area contributed by atoms with E-state index in [-0.39, 0.29) is 24.8 Å². The van der Waals surface area contributed by atoms with E-state index in [4.69, 9.17) is 23.4 Å². The molecule has 4 rings (SSSR count). The molecule has 0 N–H and O–H groups in total. The van der Waals surface area contributed by atoms with Crippen LogP contribution in [0.1, 0.15) is 23.3 Å². The van der Waals surface area contributed by atoms with Crippen molar-refractivity contribution in [2.24, 2.45) is 0 Å². The van der Waals surface area contributed by atoms with Gasteiger partial charge in [0.15, 0.2) is 11.5 Å². The molecule has 0 atom stereocenters. The Morgan fingerprint density at radius 3 is 2.26 bits per heavy atom. The third-order valence-corrected chi connectivity index (χ3v) is 7.60. The first-order valence-electron chi connectivity index (χ1n) is 14.7. The Kier molecular flexibility index (Phi) is 12.3. The number of ether oxygens (including phenoxy) is 4. The van der Waals surface area contributed by atoms with E-state index in [1.54, 1.807) is 37.4 Å². The minimum absolute atomic E-state index is 0.00919. The number of carbonyl (C=O) groups is 2. The first kappa shape index (κ1) is 31.9. The molecule has 0 spiro atoms. The summed E-state index contributed by atoms with van der Waals surface area (Å²) >= 11 is 0. The fraction of sp³-hybridized carbons (Fsp3) is 0.455. The summed E-state index contributed by atoms with van der Waals surface area (Å²) in [5.41, 5.74) is 1.88. The van der Waals surface area contributed by atoms with E-state index in [0.717, 1.165) is 56.1 Å². The van der Waals surface area contributed by atoms with Crippen LogP contribution in [-0.2, 0) is 33.7 Å². The molecule has 10 heteroatoms. The van der Waals surface area contributed by atoms with Crippen LogP contribution in [0, 0.1) is 0 Å². The first-order valence-corrected chi connectivity index (χ1v) is 14.7. The van der Waals surface area contributed by atoms with Crippen molar-refractivity contribution in [1.82, 2.24) is 14.7 Å². The maximum atomic E-state index is 13.8. The lowest BCUT2D eigenvalue weighted by Crippen LogP contribution is -2.45. The summed E-state index contributed by atoms with van der Waals surface area (Å²) in [5, 5.41) is 0. The highest BCUT2D eigenvalue weighted by Gasteiger charge is 2.23. The maximum absolute atomic E-state index is 13.8. The van der Waals surface area contributed by atoms with Gasteiger partial charge in [0.2, 0.25) is 11.8 Å². The number of rotatable bonds is 16. The molecule has 3 aromatic rings. The van der Waals surface area contributed by atoms with Crippen molar-refractivity contribution in [2.75, 3.05) is 73.8 Å². The SMILES string of the molecule is COc1ccc(CC(=O)N(CCCN2CCOCC2)CC(=O)N(CCc2ccc(OC)c(OC)c2)Cc2ccco2)cc1. The lowest BCUT2D eigenvalue weighted by atomic mass is 10.1. The summed E-state index contributed by atoms with van der Waals surface area (Å²) in [6.07, 6.45) is 3.18. The molecule has 0 aliphatic carbocycles. The van der Waals surface area contributed by atoms with E-state index in [1.165, 1.54) is 0 Å². The van der Waals surface area contributed by atoms with Gasteiger partial charge in [-0.3, -0.25) is 14.5 Å². The number of benzene rings is 2. The van der Waals surface area contributed by atoms with Gasteiger partial charge in [0.25, 0.3) is 0 Å². The molecule has 0 unspecified atom stereocenters. The zero-order valence-corrected chi connectivity index (χ0v) is 25.5. The first-order chi connectivity index (χ1) is 21.0. The Bertz CT molecular complexity index is 1270. The van der Waals surface area contributed by atoms with E-state index in [2.05, 4.69) is 4.90 Å². The topological polar surface area (TPSA) is 93.9 Å². The van der Waals surface area contributed by atoms with Crippen LogP contribution < -0.4 is 14.2 Å². The van der Waals surface area contributed by atoms with Crippen LogP contribution in [0.15, 0.2) is 65.3 Å². The molecule has 2 amide bonds. The lowest BCUT2D eigenvalue weighted by Gasteiger charge is -2.30. The Labute approximate surface area is 254 Å². The van der Waals surface area contributed by atoms with E-state index >= 15 is 0 Å². The van der Waals surface area contributed by atoms with Crippen molar-refractivity contribution in [2.45, 2.75) is 25.8 Å². The summed E-state index contributed by atoms with van der Waals surface area (Å²) in [6, 6.07) is 16.9. The van der Waals surface area contributed by atoms with Gasteiger partial charge >= 0.3 is 0 Å². The van der Waals surface area contributed by atoms with Crippen molar-refractivity contribution < 1.29 is 33.0 Å². The lowest BCUT2D eigenvalue weighted by molar-refractivity contribution is -0.140. The molecule has 1 fully saturated rings. The third kappa shape index (κ3) is 9.76. The maximum Gasteiger partial charge on any atom is 0.242 e. The highest BCUT2D eigenvalue weighted by atomic mass is 16.5. The zero-order valence-electron chi connectivity index (χ0n) is 25.5. The fourth-order valence-electron chi connectivity index (χ4n) is 5.08. The standard InChI is InChI=1S/C33H43N3O7/c1-39-28-10-7-26(8-11-28)23-32(37)35(15-5-14-34-17-20-42-21-18-34)25-33(38)36(24-29-6-4-19-43-29)16-13-27-9-12-30(40-2)31(22-27)41-3/h4,6-12,19,22H,5,13-18,20-21,23-25H2,1-3H3. The van der Waals surface area contributed by atoms with Gasteiger partial charge in [-0.25, -0.2) is 0 Å². The van der Waals surface area contributed by atoms with E-state index in [1.807, 2.05) is 54.6 Å². The second-order valence-corrected chi connectivity index (χ2v) is 10.5. The molecule has 0 bridgehead atoms. The number of hydrogen-bond donors (Lipinski definition) is 0. The van der Waals surface area contributed by atoms with Gasteiger partial charge < -0.3 is 33.2 Å². The van der Waals surface area contributed by atoms with E-state index in [0.29, 0.717) is 43.3 Å². The molecule has 2 heterocycles. The van der Waals surface area contributed by atoms with Gasteiger partial charge in [-0.05, 0) is 60.4 Å². The van der Waals surface area contributed by atoms with Crippen molar-refractivity contribution in [3.8, 4) is 17.2 Å². The van der Waals surface area contributed by atoms with Gasteiger partial charge in [-0.2, -0.15) is 0 Å². The predicted octanol–water partition coefficient (Wildman–Crippen LogP) is 3.67. The number of hydrogen-bond acceptors (Lipinski definition) is 8. The van der Waals surface area contributed by atoms with Gasteiger partial charge in [0, 0.05) is 32.7 Å². The molecule has 1 aliphatic rings. The van der Waals surface area contributed by atoms with Crippen molar-refractivity contribution in [3.63, 3.8) is 0 Å². The monoisotopic (exact) mass is 593 g/mol. The third-order valence-electron chi connectivity index (χ3n) is 7.60. The molecular formula is C33H43N3O7. The molecule has 232 valence electrons. The molecule has 1 aliphatic heterocycles. The predicted molar refractivity (Wildman–Crippen MR) is 163 cm³/mol. The number of methoxy groups -OCH3 is 3. The minimum Gasteiger partial charge on any atom is -0.497 e. The average Bonchev–Trinajstić information content (AvgIpc) is 3.56. The summed E-state index contributed by atoms with van der Waals surface area (Å²) in [4.78, 5) is 33.2. The Morgan fingerprint density at radius 2 is 1.58 bits per heavy atom. The van der Waals surface area contributed by atoms with Crippen LogP contribution in [0.5, 0.6) is 17.2 Å². The van der Waals surface area contributed by atoms with Crippen LogP contribution in [0.3, 0.4) is 0 Å². The van der Waals surface area contributed by atoms with Crippen molar-refractivity contribution in [3.05, 3.63) is 77.7 Å². The second-order valence-electron chi connectivity index (χ2n) is 10.5. The highest BCUT2D eigenvalue weighted by molar-refractivity contribution is 5.86. The van der Waals surface area contributed by atoms with Crippen molar-refractivity contribution in [1.29, 1.82) is 0 Å². The summed E-state index contributed by atoms with van der Waals surface area (Å²) < 4.78 is 27.1. The quantitative estimate of drug-likeness (QED) is 0.249. The molecule has 1 saturated heterocycles. The Hall–Kier alpha value is -4.02. The molecule has 0 saturated carbocycles. The van der Waals surface area contributed by atoms with Crippen LogP contribution >= 0.6 is 0 Å². The highest BCUT2D eigenvalue weighted by Crippen LogP contribution is 2.28. The van der Waals surface area contributed by atoms with Gasteiger partial charge in [-0.1, -0.05) is 18.2 Å². The van der Waals surface area contributed by atoms with Crippen molar-refractivity contribution >= 4 is 11.8 Å². The van der Waals surface area contributed by atoms with E-state index < -0.39 is 0 Å². The van der Waals surface area contributed by atoms with Crippen LogP contribution in [0.4, 0.5) is 0 Å². The molecule has 0 radical (unpaired) electrons. The van der Waals surface area contributed by atoms with Crippen LogP contribution in [-0.4, -0.2) is 100 Å². The summed E-state index contributed by atoms with van der Waals surface area (Å²) in [6.45, 7) is 5.29. The molecule has 43 heavy (non-hydrogen) atoms. The number of carbonyl (C=O) groups excluding carboxylic acids is 2. The fourth-order valence-corrected chi connectivity index (χ4v) is 5.08. The molecule has 10 nitrogen and oxygen atoms in total. The number of nitrogens with zero attached hydrogens (tertiary/aromatic N) is 3. The largest absolute Gasteiger partial charge is 0.497 e. The van der Waals surface area contributed by atoms with Gasteiger partial charge in [-0.15, -0.1) is 0 Å². The summed E-state index contributed by atoms with van der Waals surface area (Å²) in [5.74, 6) is 2.49. The van der Waals surface area contributed by atoms with Gasteiger partial charge in [0.1, 0.15) is 11.5 Å². The summed E-state index contributed by atoms with van der Waals surface area (Å²) in [7, 11) is 4.82. The molecule has 1 aromatic heterocycles. The smallest absolute Gasteiger partial charge is 0.242 e. The number of furan rings is 1. The number of amides is 2. The Morgan fingerprint density at radius 1 is 0.837 bits per heavy atom. The van der Waals surface area contributed by atoms with Crippen LogP contribution in [0.2, 0.25) is 0 Å². The molecular weight excluding hydrogens is 550 g/mol. The number of morpholine rings is 1. The van der Waals surface area contributed by atoms with Crippen LogP contribution in [0.25, 0.3) is 0 Å². The molecule has 2 aromatic carbocycles.